The number of hydrogen-bond acceptors (Lipinski definition) is 3. The van der Waals surface area contributed by atoms with Crippen molar-refractivity contribution in [2.75, 3.05) is 13.1 Å². The Morgan fingerprint density at radius 3 is 2.39 bits per heavy atom. The first-order valence-corrected chi connectivity index (χ1v) is 7.63. The van der Waals surface area contributed by atoms with Gasteiger partial charge in [-0.2, -0.15) is 0 Å². The maximum Gasteiger partial charge on any atom is 0.410 e. The number of hydrogen-bond donors (Lipinski definition) is 1. The molecule has 1 heterocycles. The van der Waals surface area contributed by atoms with Gasteiger partial charge in [-0.25, -0.2) is 9.18 Å². The van der Waals surface area contributed by atoms with Gasteiger partial charge in [0.15, 0.2) is 0 Å². The SMILES string of the molecule is CC(C)(C)OC(=O)N1CC[C@H](c2ccc(F)cc2)[C@H](C(=O)O)C1. The number of halogens is 1. The smallest absolute Gasteiger partial charge is 0.410 e. The van der Waals surface area contributed by atoms with Crippen LogP contribution in [-0.2, 0) is 9.53 Å². The van der Waals surface area contributed by atoms with Crippen LogP contribution >= 0.6 is 0 Å². The van der Waals surface area contributed by atoms with Crippen LogP contribution in [-0.4, -0.2) is 40.8 Å². The maximum atomic E-state index is 13.0. The number of nitrogens with zero attached hydrogens (tertiary/aromatic N) is 1. The van der Waals surface area contributed by atoms with Crippen molar-refractivity contribution in [1.82, 2.24) is 4.90 Å². The second kappa shape index (κ2) is 6.56. The van der Waals surface area contributed by atoms with Gasteiger partial charge in [-0.1, -0.05) is 12.1 Å². The molecule has 0 spiro atoms. The Balaban J connectivity index is 2.13. The van der Waals surface area contributed by atoms with Crippen molar-refractivity contribution in [3.63, 3.8) is 0 Å². The van der Waals surface area contributed by atoms with Gasteiger partial charge in [0.1, 0.15) is 11.4 Å². The van der Waals surface area contributed by atoms with Crippen molar-refractivity contribution in [3.8, 4) is 0 Å². The van der Waals surface area contributed by atoms with E-state index in [1.165, 1.54) is 17.0 Å². The lowest BCUT2D eigenvalue weighted by molar-refractivity contribution is -0.144. The van der Waals surface area contributed by atoms with Gasteiger partial charge in [-0.15, -0.1) is 0 Å². The van der Waals surface area contributed by atoms with E-state index in [9.17, 15) is 19.1 Å². The molecule has 1 aromatic rings. The maximum absolute atomic E-state index is 13.0. The first-order valence-electron chi connectivity index (χ1n) is 7.63. The van der Waals surface area contributed by atoms with Crippen molar-refractivity contribution in [2.24, 2.45) is 5.92 Å². The Hall–Kier alpha value is -2.11. The summed E-state index contributed by atoms with van der Waals surface area (Å²) in [4.78, 5) is 25.2. The highest BCUT2D eigenvalue weighted by atomic mass is 19.1. The summed E-state index contributed by atoms with van der Waals surface area (Å²) in [6.45, 7) is 5.81. The molecule has 6 heteroatoms. The predicted octanol–water partition coefficient (Wildman–Crippen LogP) is 3.25. The third-order valence-electron chi connectivity index (χ3n) is 3.88. The molecule has 1 saturated heterocycles. The van der Waals surface area contributed by atoms with Gasteiger partial charge in [-0.3, -0.25) is 4.79 Å². The van der Waals surface area contributed by atoms with Crippen molar-refractivity contribution < 1.29 is 23.8 Å². The van der Waals surface area contributed by atoms with Gasteiger partial charge in [0.05, 0.1) is 5.92 Å². The monoisotopic (exact) mass is 323 g/mol. The fourth-order valence-electron chi connectivity index (χ4n) is 2.80. The molecule has 0 bridgehead atoms. The van der Waals surface area contributed by atoms with Gasteiger partial charge in [0.25, 0.3) is 0 Å². The van der Waals surface area contributed by atoms with Gasteiger partial charge >= 0.3 is 12.1 Å². The van der Waals surface area contributed by atoms with Crippen LogP contribution < -0.4 is 0 Å². The van der Waals surface area contributed by atoms with Gasteiger partial charge in [-0.05, 0) is 44.9 Å². The molecular formula is C17H22FNO4. The highest BCUT2D eigenvalue weighted by Gasteiger charge is 2.38. The third kappa shape index (κ3) is 4.43. The number of carboxylic acid groups (broad SMARTS) is 1. The summed E-state index contributed by atoms with van der Waals surface area (Å²) in [5, 5.41) is 9.50. The molecule has 5 nitrogen and oxygen atoms in total. The summed E-state index contributed by atoms with van der Waals surface area (Å²) in [6.07, 6.45) is 0.00304. The number of carbonyl (C=O) groups excluding carboxylic acids is 1. The summed E-state index contributed by atoms with van der Waals surface area (Å²) in [5.41, 5.74) is 0.159. The van der Waals surface area contributed by atoms with Crippen LogP contribution in [0.5, 0.6) is 0 Å². The number of benzene rings is 1. The molecule has 0 saturated carbocycles. The van der Waals surface area contributed by atoms with E-state index in [1.807, 2.05) is 0 Å². The number of piperidine rings is 1. The molecule has 0 radical (unpaired) electrons. The van der Waals surface area contributed by atoms with E-state index in [-0.39, 0.29) is 18.3 Å². The number of carbonyl (C=O) groups is 2. The van der Waals surface area contributed by atoms with E-state index in [0.29, 0.717) is 13.0 Å². The highest BCUT2D eigenvalue weighted by Crippen LogP contribution is 2.34. The van der Waals surface area contributed by atoms with Crippen LogP contribution in [0.25, 0.3) is 0 Å². The van der Waals surface area contributed by atoms with Crippen LogP contribution in [0.2, 0.25) is 0 Å². The summed E-state index contributed by atoms with van der Waals surface area (Å²) in [7, 11) is 0. The molecule has 1 N–H and O–H groups in total. The molecule has 2 atom stereocenters. The molecule has 0 aromatic heterocycles. The van der Waals surface area contributed by atoms with Gasteiger partial charge in [0.2, 0.25) is 0 Å². The molecule has 0 aliphatic carbocycles. The minimum Gasteiger partial charge on any atom is -0.481 e. The van der Waals surface area contributed by atoms with Crippen LogP contribution in [0.3, 0.4) is 0 Å². The van der Waals surface area contributed by atoms with E-state index < -0.39 is 23.6 Å². The third-order valence-corrected chi connectivity index (χ3v) is 3.88. The van der Waals surface area contributed by atoms with Crippen molar-refractivity contribution in [2.45, 2.75) is 38.7 Å². The zero-order valence-electron chi connectivity index (χ0n) is 13.6. The lowest BCUT2D eigenvalue weighted by atomic mass is 9.80. The van der Waals surface area contributed by atoms with Crippen molar-refractivity contribution >= 4 is 12.1 Å². The van der Waals surface area contributed by atoms with Crippen molar-refractivity contribution in [3.05, 3.63) is 35.6 Å². The molecule has 1 fully saturated rings. The number of ether oxygens (including phenoxy) is 1. The number of aliphatic carboxylic acids is 1. The second-order valence-electron chi connectivity index (χ2n) is 6.82. The average Bonchev–Trinajstić information content (AvgIpc) is 2.45. The minimum absolute atomic E-state index is 0.0896. The highest BCUT2D eigenvalue weighted by molar-refractivity contribution is 5.74. The van der Waals surface area contributed by atoms with Crippen molar-refractivity contribution in [1.29, 1.82) is 0 Å². The Labute approximate surface area is 135 Å². The average molecular weight is 323 g/mol. The first kappa shape index (κ1) is 17.2. The molecule has 0 unspecified atom stereocenters. The van der Waals surface area contributed by atoms with E-state index in [0.717, 1.165) is 5.56 Å². The van der Waals surface area contributed by atoms with Gasteiger partial charge < -0.3 is 14.7 Å². The van der Waals surface area contributed by atoms with E-state index >= 15 is 0 Å². The Bertz CT molecular complexity index is 579. The molecule has 1 aromatic carbocycles. The molecule has 126 valence electrons. The second-order valence-corrected chi connectivity index (χ2v) is 6.82. The molecule has 1 aliphatic rings. The zero-order chi connectivity index (χ0) is 17.2. The van der Waals surface area contributed by atoms with E-state index in [4.69, 9.17) is 4.74 Å². The standard InChI is InChI=1S/C17H22FNO4/c1-17(2,3)23-16(22)19-9-8-13(14(10-19)15(20)21)11-4-6-12(18)7-5-11/h4-7,13-14H,8-10H2,1-3H3,(H,20,21)/t13-,14-/m1/s1. The van der Waals surface area contributed by atoms with Crippen LogP contribution in [0.1, 0.15) is 38.7 Å². The molecule has 23 heavy (non-hydrogen) atoms. The van der Waals surface area contributed by atoms with Gasteiger partial charge in [0, 0.05) is 19.0 Å². The van der Waals surface area contributed by atoms with E-state index in [1.54, 1.807) is 32.9 Å². The Kier molecular flexibility index (Phi) is 4.92. The molecular weight excluding hydrogens is 301 g/mol. The lowest BCUT2D eigenvalue weighted by Crippen LogP contribution is -2.47. The minimum atomic E-state index is -0.965. The quantitative estimate of drug-likeness (QED) is 0.907. The summed E-state index contributed by atoms with van der Waals surface area (Å²) in [5.74, 6) is -2.30. The molecule has 1 aliphatic heterocycles. The normalized spacial score (nSPS) is 21.8. The first-order chi connectivity index (χ1) is 10.7. The largest absolute Gasteiger partial charge is 0.481 e. The number of amides is 1. The van der Waals surface area contributed by atoms with Crippen LogP contribution in [0.4, 0.5) is 9.18 Å². The number of likely N-dealkylation sites (tertiary alicyclic amines) is 1. The number of carboxylic acids is 1. The van der Waals surface area contributed by atoms with Crippen LogP contribution in [0, 0.1) is 11.7 Å². The fourth-order valence-corrected chi connectivity index (χ4v) is 2.80. The van der Waals surface area contributed by atoms with Crippen LogP contribution in [0.15, 0.2) is 24.3 Å². The molecule has 1 amide bonds. The summed E-state index contributed by atoms with van der Waals surface area (Å²) in [6, 6.07) is 5.88. The Morgan fingerprint density at radius 1 is 1.26 bits per heavy atom. The fraction of sp³-hybridized carbons (Fsp3) is 0.529. The predicted molar refractivity (Wildman–Crippen MR) is 82.7 cm³/mol. The zero-order valence-corrected chi connectivity index (χ0v) is 13.6. The summed E-state index contributed by atoms with van der Waals surface area (Å²) >= 11 is 0. The van der Waals surface area contributed by atoms with E-state index in [2.05, 4.69) is 0 Å². The lowest BCUT2D eigenvalue weighted by Gasteiger charge is -2.37. The summed E-state index contributed by atoms with van der Waals surface area (Å²) < 4.78 is 18.4. The number of rotatable bonds is 2. The molecule has 2 rings (SSSR count). The topological polar surface area (TPSA) is 66.8 Å². The Morgan fingerprint density at radius 2 is 1.87 bits per heavy atom.